The molecule has 0 aliphatic carbocycles. The van der Waals surface area contributed by atoms with E-state index < -0.39 is 22.0 Å². The first-order chi connectivity index (χ1) is 14.1. The van der Waals surface area contributed by atoms with E-state index in [0.29, 0.717) is 23.0 Å². The quantitative estimate of drug-likeness (QED) is 0.538. The van der Waals surface area contributed by atoms with E-state index in [0.717, 1.165) is 5.56 Å². The van der Waals surface area contributed by atoms with Crippen LogP contribution in [0.4, 0.5) is 5.69 Å². The van der Waals surface area contributed by atoms with Gasteiger partial charge in [0.15, 0.2) is 0 Å². The first kappa shape index (κ1) is 21.7. The number of hydrogen-bond acceptors (Lipinski definition) is 4. The van der Waals surface area contributed by atoms with Gasteiger partial charge in [-0.25, -0.2) is 8.42 Å². The Kier molecular flexibility index (Phi) is 6.38. The van der Waals surface area contributed by atoms with E-state index in [1.807, 2.05) is 32.9 Å². The van der Waals surface area contributed by atoms with E-state index in [9.17, 15) is 18.0 Å². The van der Waals surface area contributed by atoms with E-state index in [1.54, 1.807) is 18.2 Å². The van der Waals surface area contributed by atoms with Crippen LogP contribution in [0.5, 0.6) is 0 Å². The van der Waals surface area contributed by atoms with Gasteiger partial charge in [-0.15, -0.1) is 0 Å². The Morgan fingerprint density at radius 3 is 2.40 bits per heavy atom. The second-order valence-electron chi connectivity index (χ2n) is 7.73. The summed E-state index contributed by atoms with van der Waals surface area (Å²) in [5, 5.41) is 3.36. The maximum absolute atomic E-state index is 13.0. The van der Waals surface area contributed by atoms with Crippen molar-refractivity contribution in [1.29, 1.82) is 0 Å². The first-order valence-electron chi connectivity index (χ1n) is 9.67. The fourth-order valence-electron chi connectivity index (χ4n) is 3.10. The number of benzene rings is 2. The number of fused-ring (bicyclic) bond motifs is 1. The Labute approximate surface area is 175 Å². The largest absolute Gasteiger partial charge is 0.325 e. The lowest BCUT2D eigenvalue weighted by Crippen LogP contribution is -2.44. The van der Waals surface area contributed by atoms with Crippen LogP contribution in [0.3, 0.4) is 0 Å². The molecule has 0 saturated carbocycles. The maximum Gasteiger partial charge on any atom is 0.248 e. The smallest absolute Gasteiger partial charge is 0.248 e. The Balaban J connectivity index is 1.85. The average molecular weight is 428 g/mol. The molecule has 0 saturated heterocycles. The number of anilines is 1. The normalized spacial score (nSPS) is 12.8. The molecule has 7 nitrogen and oxygen atoms in total. The summed E-state index contributed by atoms with van der Waals surface area (Å²) < 4.78 is 28.5. The molecule has 0 radical (unpaired) electrons. The summed E-state index contributed by atoms with van der Waals surface area (Å²) >= 11 is 0. The number of pyridine rings is 1. The summed E-state index contributed by atoms with van der Waals surface area (Å²) in [5.74, 6) is -0.315. The molecule has 3 N–H and O–H groups in total. The molecule has 158 valence electrons. The molecule has 1 heterocycles. The van der Waals surface area contributed by atoms with Gasteiger partial charge in [0.05, 0.1) is 4.90 Å². The molecule has 0 bridgehead atoms. The minimum absolute atomic E-state index is 0.0268. The minimum Gasteiger partial charge on any atom is -0.325 e. The number of H-pyrrole nitrogens is 1. The summed E-state index contributed by atoms with van der Waals surface area (Å²) in [6.45, 7) is 5.79. The Morgan fingerprint density at radius 2 is 1.73 bits per heavy atom. The molecule has 0 aliphatic heterocycles. The predicted molar refractivity (Wildman–Crippen MR) is 118 cm³/mol. The first-order valence-corrected chi connectivity index (χ1v) is 11.2. The van der Waals surface area contributed by atoms with Crippen LogP contribution in [0, 0.1) is 12.8 Å². The highest BCUT2D eigenvalue weighted by Gasteiger charge is 2.27. The highest BCUT2D eigenvalue weighted by molar-refractivity contribution is 7.89. The maximum atomic E-state index is 13.0. The van der Waals surface area contributed by atoms with Gasteiger partial charge in [-0.1, -0.05) is 31.5 Å². The fraction of sp³-hybridized carbons (Fsp3) is 0.273. The summed E-state index contributed by atoms with van der Waals surface area (Å²) in [7, 11) is -3.95. The SMILES string of the molecule is Cc1ccc(NC(=O)[C@@H](CC(C)C)NS(=O)(=O)c2ccc3[nH]c(=O)ccc3c2)cc1. The van der Waals surface area contributed by atoms with Crippen molar-refractivity contribution < 1.29 is 13.2 Å². The molecule has 3 rings (SSSR count). The van der Waals surface area contributed by atoms with Crippen molar-refractivity contribution in [3.05, 3.63) is 70.5 Å². The third-order valence-electron chi connectivity index (χ3n) is 4.65. The lowest BCUT2D eigenvalue weighted by Gasteiger charge is -2.20. The average Bonchev–Trinajstić information content (AvgIpc) is 2.68. The second-order valence-corrected chi connectivity index (χ2v) is 9.44. The zero-order valence-corrected chi connectivity index (χ0v) is 17.9. The van der Waals surface area contributed by atoms with E-state index in [1.165, 1.54) is 24.3 Å². The minimum atomic E-state index is -3.95. The fourth-order valence-corrected chi connectivity index (χ4v) is 4.34. The van der Waals surface area contributed by atoms with Crippen LogP contribution >= 0.6 is 0 Å². The molecule has 1 atom stereocenters. The molecule has 2 aromatic carbocycles. The zero-order chi connectivity index (χ0) is 21.9. The molecule has 0 spiro atoms. The van der Waals surface area contributed by atoms with Crippen molar-refractivity contribution in [3.8, 4) is 0 Å². The van der Waals surface area contributed by atoms with Crippen LogP contribution in [0.1, 0.15) is 25.8 Å². The number of amides is 1. The summed E-state index contributed by atoms with van der Waals surface area (Å²) in [5.41, 5.74) is 1.94. The van der Waals surface area contributed by atoms with Crippen LogP contribution in [0.2, 0.25) is 0 Å². The molecule has 1 aromatic heterocycles. The Morgan fingerprint density at radius 1 is 1.03 bits per heavy atom. The van der Waals surface area contributed by atoms with Gasteiger partial charge in [0, 0.05) is 17.3 Å². The topological polar surface area (TPSA) is 108 Å². The molecule has 0 unspecified atom stereocenters. The van der Waals surface area contributed by atoms with Crippen LogP contribution in [0.15, 0.2) is 64.3 Å². The van der Waals surface area contributed by atoms with E-state index in [4.69, 9.17) is 0 Å². The number of aromatic nitrogens is 1. The van der Waals surface area contributed by atoms with Gasteiger partial charge in [0.1, 0.15) is 6.04 Å². The van der Waals surface area contributed by atoms with Crippen molar-refractivity contribution in [3.63, 3.8) is 0 Å². The summed E-state index contributed by atoms with van der Waals surface area (Å²) in [4.78, 5) is 26.9. The molecular formula is C22H25N3O4S. The van der Waals surface area contributed by atoms with Crippen LogP contribution in [-0.4, -0.2) is 25.4 Å². The molecule has 0 aliphatic rings. The third kappa shape index (κ3) is 5.34. The van der Waals surface area contributed by atoms with E-state index in [-0.39, 0.29) is 16.4 Å². The lowest BCUT2D eigenvalue weighted by atomic mass is 10.0. The van der Waals surface area contributed by atoms with Crippen LogP contribution in [0.25, 0.3) is 10.9 Å². The molecule has 0 fully saturated rings. The monoisotopic (exact) mass is 427 g/mol. The van der Waals surface area contributed by atoms with Gasteiger partial charge >= 0.3 is 0 Å². The highest BCUT2D eigenvalue weighted by Crippen LogP contribution is 2.18. The zero-order valence-electron chi connectivity index (χ0n) is 17.1. The second kappa shape index (κ2) is 8.81. The number of carbonyl (C=O) groups excluding carboxylic acids is 1. The van der Waals surface area contributed by atoms with E-state index >= 15 is 0 Å². The van der Waals surface area contributed by atoms with Crippen molar-refractivity contribution >= 4 is 32.5 Å². The number of hydrogen-bond donors (Lipinski definition) is 3. The van der Waals surface area contributed by atoms with Gasteiger partial charge in [-0.2, -0.15) is 4.72 Å². The number of rotatable bonds is 7. The predicted octanol–water partition coefficient (Wildman–Crippen LogP) is 3.17. The van der Waals surface area contributed by atoms with Gasteiger partial charge in [-0.05, 0) is 61.0 Å². The van der Waals surface area contributed by atoms with Crippen LogP contribution < -0.4 is 15.6 Å². The third-order valence-corrected chi connectivity index (χ3v) is 6.11. The van der Waals surface area contributed by atoms with Gasteiger partial charge in [-0.3, -0.25) is 9.59 Å². The summed E-state index contributed by atoms with van der Waals surface area (Å²) in [6, 6.07) is 13.7. The molecular weight excluding hydrogens is 402 g/mol. The molecule has 8 heteroatoms. The number of aromatic amines is 1. The standard InChI is InChI=1S/C22H25N3O4S/c1-14(2)12-20(22(27)23-17-7-4-15(3)5-8-17)25-30(28,29)18-9-10-19-16(13-18)6-11-21(26)24-19/h4-11,13-14,20,25H,12H2,1-3H3,(H,23,27)(H,24,26)/t20-/m1/s1. The number of carbonyl (C=O) groups is 1. The molecule has 1 amide bonds. The lowest BCUT2D eigenvalue weighted by molar-refractivity contribution is -0.118. The highest BCUT2D eigenvalue weighted by atomic mass is 32.2. The van der Waals surface area contributed by atoms with Gasteiger partial charge in [0.2, 0.25) is 21.5 Å². The van der Waals surface area contributed by atoms with E-state index in [2.05, 4.69) is 15.0 Å². The number of nitrogens with one attached hydrogen (secondary N) is 3. The Bertz CT molecular complexity index is 1220. The van der Waals surface area contributed by atoms with Crippen molar-refractivity contribution in [2.45, 2.75) is 38.1 Å². The molecule has 3 aromatic rings. The van der Waals surface area contributed by atoms with Crippen molar-refractivity contribution in [1.82, 2.24) is 9.71 Å². The van der Waals surface area contributed by atoms with Crippen molar-refractivity contribution in [2.75, 3.05) is 5.32 Å². The van der Waals surface area contributed by atoms with Gasteiger partial charge < -0.3 is 10.3 Å². The number of aryl methyl sites for hydroxylation is 1. The van der Waals surface area contributed by atoms with Crippen molar-refractivity contribution in [2.24, 2.45) is 5.92 Å². The summed E-state index contributed by atoms with van der Waals surface area (Å²) in [6.07, 6.45) is 0.345. The van der Waals surface area contributed by atoms with Gasteiger partial charge in [0.25, 0.3) is 0 Å². The van der Waals surface area contributed by atoms with Crippen LogP contribution in [-0.2, 0) is 14.8 Å². The Hall–Kier alpha value is -2.97. The number of sulfonamides is 1. The molecule has 30 heavy (non-hydrogen) atoms.